The van der Waals surface area contributed by atoms with Crippen LogP contribution >= 0.6 is 11.8 Å². The molecule has 1 aromatic carbocycles. The topological polar surface area (TPSA) is 67.6 Å². The highest BCUT2D eigenvalue weighted by molar-refractivity contribution is 7.99. The van der Waals surface area contributed by atoms with Crippen LogP contribution in [0.15, 0.2) is 46.6 Å². The van der Waals surface area contributed by atoms with E-state index in [0.717, 1.165) is 33.2 Å². The van der Waals surface area contributed by atoms with Crippen LogP contribution in [-0.2, 0) is 0 Å². The third kappa shape index (κ3) is 3.09. The lowest BCUT2D eigenvalue weighted by molar-refractivity contribution is 0.674. The molecule has 108 valence electrons. The quantitative estimate of drug-likeness (QED) is 0.768. The highest BCUT2D eigenvalue weighted by atomic mass is 32.2. The Morgan fingerprint density at radius 1 is 1.29 bits per heavy atom. The molecule has 0 amide bonds. The molecule has 1 atom stereocenters. The average molecular weight is 298 g/mol. The van der Waals surface area contributed by atoms with E-state index in [-0.39, 0.29) is 6.04 Å². The number of nitrogens with one attached hydrogen (secondary N) is 1. The zero-order chi connectivity index (χ0) is 14.8. The second-order valence-corrected chi connectivity index (χ2v) is 6.16. The lowest BCUT2D eigenvalue weighted by Crippen LogP contribution is -2.10. The Bertz CT molecular complexity index is 749. The Morgan fingerprint density at radius 3 is 2.86 bits per heavy atom. The average Bonchev–Trinajstić information content (AvgIpc) is 2.88. The summed E-state index contributed by atoms with van der Waals surface area (Å²) in [7, 11) is 0. The molecular formula is C16H18N4S. The van der Waals surface area contributed by atoms with Crippen LogP contribution in [0.5, 0.6) is 0 Å². The zero-order valence-electron chi connectivity index (χ0n) is 12.1. The molecule has 0 aliphatic carbocycles. The molecule has 0 bridgehead atoms. The number of fused-ring (bicyclic) bond motifs is 1. The number of pyridine rings is 1. The summed E-state index contributed by atoms with van der Waals surface area (Å²) in [5.74, 6) is 0. The lowest BCUT2D eigenvalue weighted by atomic mass is 10.1. The molecule has 0 saturated carbocycles. The molecule has 21 heavy (non-hydrogen) atoms. The molecule has 0 aliphatic rings. The Balaban J connectivity index is 1.81. The number of aryl methyl sites for hydroxylation is 1. The third-order valence-electron chi connectivity index (χ3n) is 3.41. The fourth-order valence-corrected chi connectivity index (χ4v) is 2.91. The van der Waals surface area contributed by atoms with Gasteiger partial charge in [0, 0.05) is 17.1 Å². The third-order valence-corrected chi connectivity index (χ3v) is 4.27. The summed E-state index contributed by atoms with van der Waals surface area (Å²) in [5, 5.41) is 0.880. The zero-order valence-corrected chi connectivity index (χ0v) is 12.9. The first-order valence-electron chi connectivity index (χ1n) is 7.01. The van der Waals surface area contributed by atoms with Crippen molar-refractivity contribution in [2.75, 3.05) is 0 Å². The summed E-state index contributed by atoms with van der Waals surface area (Å²) in [6, 6.07) is 10.3. The molecule has 0 aliphatic heterocycles. The molecule has 3 aromatic rings. The summed E-state index contributed by atoms with van der Waals surface area (Å²) in [6.45, 7) is 4.14. The van der Waals surface area contributed by atoms with E-state index in [1.54, 1.807) is 11.8 Å². The number of rotatable bonds is 4. The van der Waals surface area contributed by atoms with Gasteiger partial charge in [-0.1, -0.05) is 24.8 Å². The molecule has 4 nitrogen and oxygen atoms in total. The normalized spacial score (nSPS) is 12.7. The first-order valence-corrected chi connectivity index (χ1v) is 7.83. The fraction of sp³-hybridized carbons (Fsp3) is 0.250. The summed E-state index contributed by atoms with van der Waals surface area (Å²) in [6.07, 6.45) is 2.75. The molecule has 0 radical (unpaired) electrons. The van der Waals surface area contributed by atoms with Gasteiger partial charge in [-0.15, -0.1) is 0 Å². The molecule has 3 N–H and O–H groups in total. The second-order valence-electron chi connectivity index (χ2n) is 5.10. The largest absolute Gasteiger partial charge is 0.333 e. The van der Waals surface area contributed by atoms with E-state index in [4.69, 9.17) is 5.73 Å². The molecule has 0 saturated heterocycles. The van der Waals surface area contributed by atoms with Crippen molar-refractivity contribution in [3.63, 3.8) is 0 Å². The maximum Gasteiger partial charge on any atom is 0.171 e. The van der Waals surface area contributed by atoms with Crippen molar-refractivity contribution in [3.8, 4) is 0 Å². The number of benzene rings is 1. The van der Waals surface area contributed by atoms with Crippen LogP contribution in [0, 0.1) is 6.92 Å². The van der Waals surface area contributed by atoms with Crippen molar-refractivity contribution in [2.24, 2.45) is 5.73 Å². The van der Waals surface area contributed by atoms with Gasteiger partial charge in [-0.25, -0.2) is 4.98 Å². The first kappa shape index (κ1) is 14.1. The Morgan fingerprint density at radius 2 is 2.14 bits per heavy atom. The van der Waals surface area contributed by atoms with E-state index in [0.29, 0.717) is 0 Å². The number of nitrogens with zero attached hydrogens (tertiary/aromatic N) is 2. The molecular weight excluding hydrogens is 280 g/mol. The van der Waals surface area contributed by atoms with Gasteiger partial charge in [-0.2, -0.15) is 0 Å². The highest BCUT2D eigenvalue weighted by Crippen LogP contribution is 2.27. The van der Waals surface area contributed by atoms with Crippen molar-refractivity contribution in [1.82, 2.24) is 15.0 Å². The number of hydrogen-bond acceptors (Lipinski definition) is 4. The summed E-state index contributed by atoms with van der Waals surface area (Å²) < 4.78 is 0. The second kappa shape index (κ2) is 5.87. The summed E-state index contributed by atoms with van der Waals surface area (Å²) in [4.78, 5) is 13.4. The number of hydrogen-bond donors (Lipinski definition) is 2. The summed E-state index contributed by atoms with van der Waals surface area (Å²) >= 11 is 1.58. The Hall–Kier alpha value is -1.85. The van der Waals surface area contributed by atoms with Crippen molar-refractivity contribution in [3.05, 3.63) is 47.8 Å². The van der Waals surface area contributed by atoms with Crippen molar-refractivity contribution < 1.29 is 0 Å². The lowest BCUT2D eigenvalue weighted by Gasteiger charge is -2.07. The number of H-pyrrole nitrogens is 1. The van der Waals surface area contributed by atoms with Crippen LogP contribution in [0.2, 0.25) is 0 Å². The highest BCUT2D eigenvalue weighted by Gasteiger charge is 2.07. The predicted molar refractivity (Wildman–Crippen MR) is 86.4 cm³/mol. The predicted octanol–water partition coefficient (Wildman–Crippen LogP) is 3.83. The number of nitrogens with two attached hydrogens (primary N) is 1. The van der Waals surface area contributed by atoms with Gasteiger partial charge < -0.3 is 10.7 Å². The van der Waals surface area contributed by atoms with Gasteiger partial charge in [0.15, 0.2) is 5.16 Å². The number of aromatic amines is 1. The van der Waals surface area contributed by atoms with Gasteiger partial charge in [0.25, 0.3) is 0 Å². The molecule has 2 heterocycles. The van der Waals surface area contributed by atoms with Crippen LogP contribution < -0.4 is 5.73 Å². The van der Waals surface area contributed by atoms with Gasteiger partial charge in [0.05, 0.1) is 16.7 Å². The Labute approximate surface area is 128 Å². The van der Waals surface area contributed by atoms with Gasteiger partial charge in [0.1, 0.15) is 0 Å². The SMILES string of the molecule is CC[C@@H](N)c1ccc(Sc2nc3ccc(C)cc3[nH]2)cn1. The molecule has 0 fully saturated rings. The van der Waals surface area contributed by atoms with Gasteiger partial charge in [0.2, 0.25) is 0 Å². The maximum atomic E-state index is 5.97. The van der Waals surface area contributed by atoms with E-state index in [9.17, 15) is 0 Å². The smallest absolute Gasteiger partial charge is 0.171 e. The Kier molecular flexibility index (Phi) is 3.94. The number of aromatic nitrogens is 3. The minimum atomic E-state index is 0.0122. The van der Waals surface area contributed by atoms with Crippen LogP contribution in [0.25, 0.3) is 11.0 Å². The van der Waals surface area contributed by atoms with Crippen LogP contribution in [0.3, 0.4) is 0 Å². The van der Waals surface area contributed by atoms with E-state index < -0.39 is 0 Å². The fourth-order valence-electron chi connectivity index (χ4n) is 2.14. The van der Waals surface area contributed by atoms with Crippen LogP contribution in [0.1, 0.15) is 30.6 Å². The molecule has 3 rings (SSSR count). The van der Waals surface area contributed by atoms with E-state index >= 15 is 0 Å². The molecule has 2 aromatic heterocycles. The standard InChI is InChI=1S/C16H18N4S/c1-3-12(17)13-7-5-11(9-18-13)21-16-19-14-6-4-10(2)8-15(14)20-16/h4-9,12H,3,17H2,1-2H3,(H,19,20)/t12-/m1/s1. The first-order chi connectivity index (χ1) is 10.2. The molecule has 5 heteroatoms. The van der Waals surface area contributed by atoms with Crippen molar-refractivity contribution >= 4 is 22.8 Å². The van der Waals surface area contributed by atoms with Gasteiger partial charge in [-0.05, 0) is 43.2 Å². The molecule has 0 unspecified atom stereocenters. The van der Waals surface area contributed by atoms with Gasteiger partial charge >= 0.3 is 0 Å². The minimum absolute atomic E-state index is 0.0122. The van der Waals surface area contributed by atoms with Crippen molar-refractivity contribution in [2.45, 2.75) is 36.4 Å². The minimum Gasteiger partial charge on any atom is -0.333 e. The van der Waals surface area contributed by atoms with Crippen LogP contribution in [-0.4, -0.2) is 15.0 Å². The van der Waals surface area contributed by atoms with Crippen molar-refractivity contribution in [1.29, 1.82) is 0 Å². The monoisotopic (exact) mass is 298 g/mol. The maximum absolute atomic E-state index is 5.97. The van der Waals surface area contributed by atoms with E-state index in [2.05, 4.69) is 40.9 Å². The van der Waals surface area contributed by atoms with E-state index in [1.165, 1.54) is 5.56 Å². The van der Waals surface area contributed by atoms with E-state index in [1.807, 2.05) is 24.4 Å². The molecule has 0 spiro atoms. The number of imidazole rings is 1. The summed E-state index contributed by atoms with van der Waals surface area (Å²) in [5.41, 5.74) is 10.2. The van der Waals surface area contributed by atoms with Gasteiger partial charge in [-0.3, -0.25) is 4.98 Å². The van der Waals surface area contributed by atoms with Crippen LogP contribution in [0.4, 0.5) is 0 Å².